The van der Waals surface area contributed by atoms with Gasteiger partial charge in [0, 0.05) is 17.1 Å². The van der Waals surface area contributed by atoms with E-state index < -0.39 is 46.8 Å². The molecule has 0 unspecified atom stereocenters. The van der Waals surface area contributed by atoms with E-state index in [1.54, 1.807) is 6.92 Å². The maximum atomic E-state index is 13.5. The second-order valence-corrected chi connectivity index (χ2v) is 9.12. The topological polar surface area (TPSA) is 181 Å². The number of nitro benzene ring substituents is 1. The third-order valence-electron chi connectivity index (χ3n) is 4.23. The van der Waals surface area contributed by atoms with Crippen LogP contribution in [0.2, 0.25) is 0 Å². The number of thioether (sulfide) groups is 1. The first-order valence-electron chi connectivity index (χ1n) is 9.66. The Labute approximate surface area is 214 Å². The molecule has 3 amide bonds. The minimum absolute atomic E-state index is 0.0260. The highest BCUT2D eigenvalue weighted by molar-refractivity contribution is 8.26. The number of thiocarbonyl (C=S) groups is 1. The summed E-state index contributed by atoms with van der Waals surface area (Å²) in [7, 11) is 0. The number of carbonyl (C=O) groups excluding carboxylic acids is 3. The number of urea groups is 1. The van der Waals surface area contributed by atoms with Gasteiger partial charge in [0.1, 0.15) is 16.4 Å². The number of nitrogens with zero attached hydrogens (tertiary/aromatic N) is 3. The molecule has 1 aliphatic heterocycles. The van der Waals surface area contributed by atoms with Crippen molar-refractivity contribution >= 4 is 85.6 Å². The van der Waals surface area contributed by atoms with Crippen LogP contribution in [0.25, 0.3) is 5.57 Å². The first-order valence-corrected chi connectivity index (χ1v) is 11.8. The molecule has 1 fully saturated rings. The highest BCUT2D eigenvalue weighted by atomic mass is 32.2. The second kappa shape index (κ2) is 11.2. The third-order valence-corrected chi connectivity index (χ3v) is 6.44. The van der Waals surface area contributed by atoms with Gasteiger partial charge in [-0.05, 0) is 19.1 Å². The summed E-state index contributed by atoms with van der Waals surface area (Å²) in [6.45, 7) is 0.818. The third kappa shape index (κ3) is 5.99. The number of carboxylic acid groups (broad SMARTS) is 1. The predicted octanol–water partition coefficient (Wildman–Crippen LogP) is 3.05. The Balaban J connectivity index is 1.85. The number of nitro groups is 1. The summed E-state index contributed by atoms with van der Waals surface area (Å²) < 4.78 is 18.4. The van der Waals surface area contributed by atoms with Crippen LogP contribution >= 0.6 is 35.3 Å². The lowest BCUT2D eigenvalue weighted by Crippen LogP contribution is -2.33. The van der Waals surface area contributed by atoms with Gasteiger partial charge < -0.3 is 15.2 Å². The zero-order valence-corrected chi connectivity index (χ0v) is 20.4. The van der Waals surface area contributed by atoms with Gasteiger partial charge in [-0.15, -0.1) is 11.3 Å². The lowest BCUT2D eigenvalue weighted by molar-refractivity contribution is -0.387. The number of nitrogens with one attached hydrogen (secondary N) is 2. The van der Waals surface area contributed by atoms with Crippen molar-refractivity contribution in [3.8, 4) is 0 Å². The van der Waals surface area contributed by atoms with E-state index in [2.05, 4.69) is 15.6 Å². The first-order chi connectivity index (χ1) is 17.0. The fourth-order valence-electron chi connectivity index (χ4n) is 2.77. The maximum absolute atomic E-state index is 13.5. The Morgan fingerprint density at radius 2 is 2.06 bits per heavy atom. The van der Waals surface area contributed by atoms with Crippen molar-refractivity contribution < 1.29 is 38.3 Å². The van der Waals surface area contributed by atoms with Crippen molar-refractivity contribution in [2.24, 2.45) is 0 Å². The van der Waals surface area contributed by atoms with Gasteiger partial charge in [0.2, 0.25) is 5.82 Å². The molecule has 0 radical (unpaired) electrons. The Bertz CT molecular complexity index is 1330. The molecule has 0 atom stereocenters. The van der Waals surface area contributed by atoms with Gasteiger partial charge in [-0.25, -0.2) is 14.6 Å². The number of benzene rings is 1. The molecule has 0 saturated carbocycles. The van der Waals surface area contributed by atoms with Gasteiger partial charge in [0.05, 0.1) is 22.1 Å². The minimum Gasteiger partial charge on any atom is -0.480 e. The van der Waals surface area contributed by atoms with E-state index in [1.165, 1.54) is 5.38 Å². The number of aliphatic carboxylic acids is 1. The molecule has 1 saturated heterocycles. The molecule has 17 heteroatoms. The molecule has 2 aromatic rings. The van der Waals surface area contributed by atoms with Gasteiger partial charge >= 0.3 is 23.7 Å². The number of rotatable bonds is 8. The van der Waals surface area contributed by atoms with Crippen molar-refractivity contribution in [1.82, 2.24) is 9.88 Å². The molecule has 1 aromatic carbocycles. The van der Waals surface area contributed by atoms with Crippen LogP contribution in [0.15, 0.2) is 28.5 Å². The molecular weight excluding hydrogens is 541 g/mol. The lowest BCUT2D eigenvalue weighted by Gasteiger charge is -2.11. The van der Waals surface area contributed by atoms with Crippen molar-refractivity contribution in [3.05, 3.63) is 50.1 Å². The number of hydrogen-bond acceptors (Lipinski definition) is 11. The van der Waals surface area contributed by atoms with Crippen molar-refractivity contribution in [2.75, 3.05) is 23.8 Å². The number of carbonyl (C=O) groups is 4. The van der Waals surface area contributed by atoms with Crippen LogP contribution in [-0.4, -0.2) is 61.3 Å². The van der Waals surface area contributed by atoms with E-state index in [-0.39, 0.29) is 37.9 Å². The van der Waals surface area contributed by atoms with E-state index in [4.69, 9.17) is 22.1 Å². The number of hydrogen-bond donors (Lipinski definition) is 3. The monoisotopic (exact) mass is 555 g/mol. The molecule has 13 nitrogen and oxygen atoms in total. The fourth-order valence-corrected chi connectivity index (χ4v) is 4.79. The molecule has 3 N–H and O–H groups in total. The summed E-state index contributed by atoms with van der Waals surface area (Å²) in [5.41, 5.74) is -1.20. The number of halogens is 1. The first kappa shape index (κ1) is 26.6. The lowest BCUT2D eigenvalue weighted by atomic mass is 10.2. The van der Waals surface area contributed by atoms with Crippen LogP contribution in [0, 0.1) is 15.9 Å². The zero-order chi connectivity index (χ0) is 26.6. The van der Waals surface area contributed by atoms with Gasteiger partial charge in [0.25, 0.3) is 5.91 Å². The van der Waals surface area contributed by atoms with E-state index in [1.807, 2.05) is 0 Å². The highest BCUT2D eigenvalue weighted by Gasteiger charge is 2.38. The maximum Gasteiger partial charge on any atom is 0.341 e. The summed E-state index contributed by atoms with van der Waals surface area (Å²) in [4.78, 5) is 63.5. The van der Waals surface area contributed by atoms with Crippen LogP contribution in [0.1, 0.15) is 12.6 Å². The normalized spacial score (nSPS) is 14.4. The fraction of sp³-hybridized carbons (Fsp3) is 0.158. The summed E-state index contributed by atoms with van der Waals surface area (Å²) >= 11 is 6.65. The molecule has 3 rings (SSSR count). The van der Waals surface area contributed by atoms with Crippen LogP contribution in [-0.2, 0) is 19.1 Å². The number of amides is 3. The van der Waals surface area contributed by atoms with Crippen LogP contribution < -0.4 is 10.6 Å². The Kier molecular flexibility index (Phi) is 8.28. The predicted molar refractivity (Wildman–Crippen MR) is 131 cm³/mol. The Morgan fingerprint density at radius 1 is 1.33 bits per heavy atom. The molecule has 1 aliphatic rings. The number of aromatic nitrogens is 1. The summed E-state index contributed by atoms with van der Waals surface area (Å²) in [5.74, 6) is -4.10. The van der Waals surface area contributed by atoms with Crippen molar-refractivity contribution in [1.29, 1.82) is 0 Å². The minimum atomic E-state index is -1.30. The van der Waals surface area contributed by atoms with Gasteiger partial charge in [-0.3, -0.25) is 29.9 Å². The average molecular weight is 556 g/mol. The molecule has 2 heterocycles. The van der Waals surface area contributed by atoms with Gasteiger partial charge in [0.15, 0.2) is 5.13 Å². The van der Waals surface area contributed by atoms with Gasteiger partial charge in [-0.2, -0.15) is 4.39 Å². The Morgan fingerprint density at radius 3 is 2.69 bits per heavy atom. The zero-order valence-electron chi connectivity index (χ0n) is 18.0. The quantitative estimate of drug-likeness (QED) is 0.143. The number of carboxylic acids is 1. The van der Waals surface area contributed by atoms with E-state index >= 15 is 0 Å². The molecule has 188 valence electrons. The number of thiazole rings is 1. The Hall–Kier alpha value is -3.96. The number of ether oxygens (including phenoxy) is 1. The van der Waals surface area contributed by atoms with E-state index in [9.17, 15) is 33.7 Å². The van der Waals surface area contributed by atoms with Crippen molar-refractivity contribution in [3.63, 3.8) is 0 Å². The van der Waals surface area contributed by atoms with Crippen LogP contribution in [0.5, 0.6) is 0 Å². The standard InChI is InChI=1S/C19H14FN5O8S3/c1-2-33-16(29)13(14-15(28)24(6-12(26)27)19(34)36-14)10-7-35-18(22-10)23-17(30)21-8-3-4-9(20)11(5-8)25(31)32/h3-5,7H,2,6H2,1H3,(H,26,27)(H2,21,22,23,30)/b14-13+. The molecule has 0 bridgehead atoms. The summed E-state index contributed by atoms with van der Waals surface area (Å²) in [6.07, 6.45) is 0. The van der Waals surface area contributed by atoms with E-state index in [0.29, 0.717) is 11.8 Å². The largest absolute Gasteiger partial charge is 0.480 e. The highest BCUT2D eigenvalue weighted by Crippen LogP contribution is 2.38. The molecule has 36 heavy (non-hydrogen) atoms. The molecule has 1 aromatic heterocycles. The average Bonchev–Trinajstić information content (AvgIpc) is 3.35. The summed E-state index contributed by atoms with van der Waals surface area (Å²) in [6, 6.07) is 1.90. The number of esters is 1. The summed E-state index contributed by atoms with van der Waals surface area (Å²) in [5, 5.41) is 25.9. The second-order valence-electron chi connectivity index (χ2n) is 6.62. The molecule has 0 spiro atoms. The SMILES string of the molecule is CCOC(=O)/C(=C1/SC(=S)N(CC(=O)O)C1=O)c1csc(NC(=O)Nc2ccc(F)c([N+](=O)[O-])c2)n1. The van der Waals surface area contributed by atoms with Crippen molar-refractivity contribution in [2.45, 2.75) is 6.92 Å². The van der Waals surface area contributed by atoms with Crippen LogP contribution in [0.4, 0.5) is 25.7 Å². The van der Waals surface area contributed by atoms with Gasteiger partial charge in [-0.1, -0.05) is 24.0 Å². The smallest absolute Gasteiger partial charge is 0.341 e. The molecule has 0 aliphatic carbocycles. The van der Waals surface area contributed by atoms with E-state index in [0.717, 1.165) is 34.4 Å². The van der Waals surface area contributed by atoms with Crippen LogP contribution in [0.3, 0.4) is 0 Å². The molecular formula is C19H14FN5O8S3. The number of anilines is 2.